The lowest BCUT2D eigenvalue weighted by atomic mass is 10.0. The van der Waals surface area contributed by atoms with Gasteiger partial charge in [0.05, 0.1) is 13.2 Å². The number of esters is 1. The molecule has 0 amide bonds. The van der Waals surface area contributed by atoms with Crippen molar-refractivity contribution in [2.75, 3.05) is 19.8 Å². The summed E-state index contributed by atoms with van der Waals surface area (Å²) in [6.07, 6.45) is 22.8. The standard InChI is InChI=1S/C24H46O4/c1-2-3-4-5-6-7-8-9-10-11-12-13-14-15-16-17-20-27-22-24(21-25)19-18-23(26)28-24/h25H,2-22H2,1H3. The lowest BCUT2D eigenvalue weighted by Gasteiger charge is -2.24. The van der Waals surface area contributed by atoms with Crippen LogP contribution in [0.5, 0.6) is 0 Å². The largest absolute Gasteiger partial charge is 0.454 e. The van der Waals surface area contributed by atoms with Gasteiger partial charge in [-0.05, 0) is 6.42 Å². The number of rotatable bonds is 20. The number of hydrogen-bond donors (Lipinski definition) is 1. The fourth-order valence-corrected chi connectivity index (χ4v) is 3.94. The van der Waals surface area contributed by atoms with Gasteiger partial charge in [0.2, 0.25) is 0 Å². The minimum absolute atomic E-state index is 0.141. The molecule has 4 heteroatoms. The number of carbonyl (C=O) groups is 1. The van der Waals surface area contributed by atoms with E-state index in [1.807, 2.05) is 0 Å². The van der Waals surface area contributed by atoms with Gasteiger partial charge in [0, 0.05) is 19.4 Å². The first kappa shape index (κ1) is 25.4. The van der Waals surface area contributed by atoms with E-state index in [-0.39, 0.29) is 12.6 Å². The number of unbranched alkanes of at least 4 members (excludes halogenated alkanes) is 15. The maximum Gasteiger partial charge on any atom is 0.306 e. The van der Waals surface area contributed by atoms with Crippen LogP contribution in [0.25, 0.3) is 0 Å². The van der Waals surface area contributed by atoms with Crippen molar-refractivity contribution >= 4 is 5.97 Å². The van der Waals surface area contributed by atoms with E-state index in [9.17, 15) is 9.90 Å². The van der Waals surface area contributed by atoms with Crippen LogP contribution in [0.4, 0.5) is 0 Å². The van der Waals surface area contributed by atoms with Gasteiger partial charge in [-0.3, -0.25) is 4.79 Å². The molecule has 0 aliphatic carbocycles. The molecule has 0 bridgehead atoms. The summed E-state index contributed by atoms with van der Waals surface area (Å²) in [4.78, 5) is 11.2. The smallest absolute Gasteiger partial charge is 0.306 e. The Kier molecular flexibility index (Phi) is 15.7. The van der Waals surface area contributed by atoms with E-state index in [1.54, 1.807) is 0 Å². The maximum absolute atomic E-state index is 11.2. The van der Waals surface area contributed by atoms with Crippen molar-refractivity contribution in [2.24, 2.45) is 0 Å². The zero-order chi connectivity index (χ0) is 20.3. The molecule has 0 saturated carbocycles. The molecule has 1 aliphatic heterocycles. The van der Waals surface area contributed by atoms with Crippen LogP contribution in [0.1, 0.15) is 122 Å². The van der Waals surface area contributed by atoms with Gasteiger partial charge in [-0.25, -0.2) is 0 Å². The molecule has 1 rings (SSSR count). The van der Waals surface area contributed by atoms with Gasteiger partial charge in [0.25, 0.3) is 0 Å². The van der Waals surface area contributed by atoms with Crippen LogP contribution >= 0.6 is 0 Å². The van der Waals surface area contributed by atoms with Gasteiger partial charge in [0.15, 0.2) is 5.60 Å². The fourth-order valence-electron chi connectivity index (χ4n) is 3.94. The van der Waals surface area contributed by atoms with Crippen LogP contribution in [0.2, 0.25) is 0 Å². The van der Waals surface area contributed by atoms with Crippen LogP contribution in [0.15, 0.2) is 0 Å². The first-order chi connectivity index (χ1) is 13.7. The molecule has 0 radical (unpaired) electrons. The molecule has 1 unspecified atom stereocenters. The summed E-state index contributed by atoms with van der Waals surface area (Å²) in [6, 6.07) is 0. The Bertz CT molecular complexity index is 372. The van der Waals surface area contributed by atoms with Crippen molar-refractivity contribution in [2.45, 2.75) is 128 Å². The Balaban J connectivity index is 1.75. The van der Waals surface area contributed by atoms with Crippen LogP contribution < -0.4 is 0 Å². The second-order valence-electron chi connectivity index (χ2n) is 8.67. The zero-order valence-corrected chi connectivity index (χ0v) is 18.5. The predicted molar refractivity (Wildman–Crippen MR) is 116 cm³/mol. The normalized spacial score (nSPS) is 19.3. The minimum Gasteiger partial charge on any atom is -0.454 e. The highest BCUT2D eigenvalue weighted by molar-refractivity contribution is 5.72. The molecule has 0 aromatic heterocycles. The number of ether oxygens (including phenoxy) is 2. The van der Waals surface area contributed by atoms with Gasteiger partial charge in [-0.15, -0.1) is 0 Å². The fraction of sp³-hybridized carbons (Fsp3) is 0.958. The molecule has 1 saturated heterocycles. The van der Waals surface area contributed by atoms with Gasteiger partial charge in [0.1, 0.15) is 0 Å². The van der Waals surface area contributed by atoms with E-state index >= 15 is 0 Å². The summed E-state index contributed by atoms with van der Waals surface area (Å²) in [7, 11) is 0. The van der Waals surface area contributed by atoms with E-state index in [0.717, 1.165) is 6.42 Å². The Morgan fingerprint density at radius 2 is 1.29 bits per heavy atom. The quantitative estimate of drug-likeness (QED) is 0.192. The van der Waals surface area contributed by atoms with Crippen molar-refractivity contribution in [3.05, 3.63) is 0 Å². The second-order valence-corrected chi connectivity index (χ2v) is 8.67. The van der Waals surface area contributed by atoms with Crippen molar-refractivity contribution in [1.82, 2.24) is 0 Å². The molecule has 0 aromatic carbocycles. The van der Waals surface area contributed by atoms with Crippen molar-refractivity contribution < 1.29 is 19.4 Å². The molecule has 1 heterocycles. The van der Waals surface area contributed by atoms with Gasteiger partial charge >= 0.3 is 5.97 Å². The molecule has 0 spiro atoms. The highest BCUT2D eigenvalue weighted by Gasteiger charge is 2.40. The van der Waals surface area contributed by atoms with Crippen LogP contribution in [-0.2, 0) is 14.3 Å². The summed E-state index contributed by atoms with van der Waals surface area (Å²) in [6.45, 7) is 3.16. The molecule has 1 atom stereocenters. The van der Waals surface area contributed by atoms with Crippen molar-refractivity contribution in [3.63, 3.8) is 0 Å². The third-order valence-electron chi connectivity index (χ3n) is 5.91. The third-order valence-corrected chi connectivity index (χ3v) is 5.91. The maximum atomic E-state index is 11.2. The van der Waals surface area contributed by atoms with Gasteiger partial charge in [-0.2, -0.15) is 0 Å². The summed E-state index contributed by atoms with van der Waals surface area (Å²) in [5.74, 6) is -0.222. The van der Waals surface area contributed by atoms with Crippen LogP contribution in [0.3, 0.4) is 0 Å². The molecule has 1 fully saturated rings. The highest BCUT2D eigenvalue weighted by Crippen LogP contribution is 2.26. The van der Waals surface area contributed by atoms with Gasteiger partial charge in [-0.1, -0.05) is 103 Å². The number of cyclic esters (lactones) is 1. The Morgan fingerprint density at radius 3 is 1.68 bits per heavy atom. The van der Waals surface area contributed by atoms with Crippen LogP contribution in [-0.4, -0.2) is 36.5 Å². The first-order valence-electron chi connectivity index (χ1n) is 12.1. The SMILES string of the molecule is CCCCCCCCCCCCCCCCCCOCC1(CO)CCC(=O)O1. The molecule has 28 heavy (non-hydrogen) atoms. The Labute approximate surface area is 173 Å². The average molecular weight is 399 g/mol. The average Bonchev–Trinajstić information content (AvgIpc) is 3.08. The van der Waals surface area contributed by atoms with E-state index in [1.165, 1.54) is 96.3 Å². The van der Waals surface area contributed by atoms with E-state index in [2.05, 4.69) is 6.92 Å². The number of carbonyl (C=O) groups excluding carboxylic acids is 1. The predicted octanol–water partition coefficient (Wildman–Crippen LogP) is 6.33. The van der Waals surface area contributed by atoms with Gasteiger partial charge < -0.3 is 14.6 Å². The lowest BCUT2D eigenvalue weighted by Crippen LogP contribution is -2.38. The lowest BCUT2D eigenvalue weighted by molar-refractivity contribution is -0.158. The molecule has 1 aliphatic rings. The van der Waals surface area contributed by atoms with E-state index < -0.39 is 5.60 Å². The molecule has 166 valence electrons. The van der Waals surface area contributed by atoms with Crippen molar-refractivity contribution in [3.8, 4) is 0 Å². The monoisotopic (exact) mass is 398 g/mol. The molecular formula is C24H46O4. The summed E-state index contributed by atoms with van der Waals surface area (Å²) in [5.41, 5.74) is -0.772. The van der Waals surface area contributed by atoms with Crippen molar-refractivity contribution in [1.29, 1.82) is 0 Å². The summed E-state index contributed by atoms with van der Waals surface area (Å²) >= 11 is 0. The van der Waals surface area contributed by atoms with E-state index in [4.69, 9.17) is 9.47 Å². The van der Waals surface area contributed by atoms with Crippen LogP contribution in [0, 0.1) is 0 Å². The molecule has 4 nitrogen and oxygen atoms in total. The number of aliphatic hydroxyl groups is 1. The number of aliphatic hydroxyl groups excluding tert-OH is 1. The zero-order valence-electron chi connectivity index (χ0n) is 18.5. The second kappa shape index (κ2) is 17.3. The molecule has 0 aromatic rings. The Morgan fingerprint density at radius 1 is 0.821 bits per heavy atom. The highest BCUT2D eigenvalue weighted by atomic mass is 16.6. The first-order valence-corrected chi connectivity index (χ1v) is 12.1. The summed E-state index contributed by atoms with van der Waals surface area (Å²) in [5, 5.41) is 9.42. The topological polar surface area (TPSA) is 55.8 Å². The number of hydrogen-bond acceptors (Lipinski definition) is 4. The molecular weight excluding hydrogens is 352 g/mol. The Hall–Kier alpha value is -0.610. The van der Waals surface area contributed by atoms with E-state index in [0.29, 0.717) is 26.1 Å². The molecule has 1 N–H and O–H groups in total. The summed E-state index contributed by atoms with van der Waals surface area (Å²) < 4.78 is 10.9. The minimum atomic E-state index is -0.772. The third kappa shape index (κ3) is 12.8.